The Morgan fingerprint density at radius 2 is 1.80 bits per heavy atom. The molecule has 0 aliphatic heterocycles. The summed E-state index contributed by atoms with van der Waals surface area (Å²) >= 11 is 0. The highest BCUT2D eigenvalue weighted by Crippen LogP contribution is 2.23. The van der Waals surface area contributed by atoms with Crippen molar-refractivity contribution in [2.75, 3.05) is 13.2 Å². The first-order chi connectivity index (χ1) is 9.63. The number of fused-ring (bicyclic) bond motifs is 1. The van der Waals surface area contributed by atoms with Gasteiger partial charge in [-0.1, -0.05) is 6.07 Å². The second kappa shape index (κ2) is 7.20. The molecule has 2 N–H and O–H groups in total. The van der Waals surface area contributed by atoms with Gasteiger partial charge in [-0.15, -0.1) is 0 Å². The lowest BCUT2D eigenvalue weighted by Gasteiger charge is -2.16. The van der Waals surface area contributed by atoms with Gasteiger partial charge >= 0.3 is 0 Å². The van der Waals surface area contributed by atoms with Crippen LogP contribution in [0.3, 0.4) is 0 Å². The number of unbranched alkanes of at least 4 members (excludes halogenated alkanes) is 2. The maximum Gasteiger partial charge on any atom is 0.240 e. The first-order valence-electron chi connectivity index (χ1n) is 7.36. The molecule has 0 saturated heterocycles. The first kappa shape index (κ1) is 15.5. The van der Waals surface area contributed by atoms with Crippen LogP contribution in [0.1, 0.15) is 43.2 Å². The van der Waals surface area contributed by atoms with Crippen molar-refractivity contribution in [1.29, 1.82) is 0 Å². The number of aryl methyl sites for hydroxylation is 2. The monoisotopic (exact) mass is 297 g/mol. The number of rotatable bonds is 7. The molecule has 0 radical (unpaired) electrons. The summed E-state index contributed by atoms with van der Waals surface area (Å²) < 4.78 is 27.0. The molecule has 20 heavy (non-hydrogen) atoms. The number of nitrogens with one attached hydrogen (secondary N) is 1. The summed E-state index contributed by atoms with van der Waals surface area (Å²) in [4.78, 5) is 0.375. The number of aliphatic hydroxyl groups is 1. The summed E-state index contributed by atoms with van der Waals surface area (Å²) in [5.74, 6) is 0. The van der Waals surface area contributed by atoms with Gasteiger partial charge in [-0.05, 0) is 68.2 Å². The third kappa shape index (κ3) is 4.04. The highest BCUT2D eigenvalue weighted by Gasteiger charge is 2.17. The third-order valence-corrected chi connectivity index (χ3v) is 5.22. The lowest BCUT2D eigenvalue weighted by Crippen LogP contribution is -2.25. The van der Waals surface area contributed by atoms with Gasteiger partial charge in [0.1, 0.15) is 0 Å². The van der Waals surface area contributed by atoms with Crippen molar-refractivity contribution in [3.05, 3.63) is 29.3 Å². The van der Waals surface area contributed by atoms with Gasteiger partial charge < -0.3 is 5.11 Å². The zero-order chi connectivity index (χ0) is 14.4. The largest absolute Gasteiger partial charge is 0.396 e. The van der Waals surface area contributed by atoms with Crippen LogP contribution in [0.2, 0.25) is 0 Å². The van der Waals surface area contributed by atoms with Gasteiger partial charge in [0.25, 0.3) is 0 Å². The maximum atomic E-state index is 12.2. The van der Waals surface area contributed by atoms with Crippen molar-refractivity contribution < 1.29 is 13.5 Å². The number of benzene rings is 1. The third-order valence-electron chi connectivity index (χ3n) is 3.76. The van der Waals surface area contributed by atoms with Gasteiger partial charge in [-0.3, -0.25) is 0 Å². The SMILES string of the molecule is O=S(=O)(NCCCCCO)c1ccc2c(c1)CCCC2. The molecule has 0 amide bonds. The number of hydrogen-bond acceptors (Lipinski definition) is 3. The summed E-state index contributed by atoms with van der Waals surface area (Å²) in [5.41, 5.74) is 2.47. The molecule has 0 bridgehead atoms. The van der Waals surface area contributed by atoms with Crippen molar-refractivity contribution in [3.63, 3.8) is 0 Å². The van der Waals surface area contributed by atoms with Crippen molar-refractivity contribution in [2.24, 2.45) is 0 Å². The molecule has 0 atom stereocenters. The van der Waals surface area contributed by atoms with Crippen LogP contribution in [0.5, 0.6) is 0 Å². The van der Waals surface area contributed by atoms with E-state index in [0.717, 1.165) is 38.5 Å². The minimum atomic E-state index is -3.39. The van der Waals surface area contributed by atoms with E-state index >= 15 is 0 Å². The van der Waals surface area contributed by atoms with Gasteiger partial charge in [0, 0.05) is 13.2 Å². The predicted octanol–water partition coefficient (Wildman–Crippen LogP) is 2.01. The van der Waals surface area contributed by atoms with Crippen LogP contribution in [0.4, 0.5) is 0 Å². The lowest BCUT2D eigenvalue weighted by atomic mass is 9.92. The van der Waals surface area contributed by atoms with Crippen molar-refractivity contribution in [2.45, 2.75) is 49.8 Å². The van der Waals surface area contributed by atoms with Crippen LogP contribution in [-0.2, 0) is 22.9 Å². The van der Waals surface area contributed by atoms with E-state index in [9.17, 15) is 8.42 Å². The zero-order valence-electron chi connectivity index (χ0n) is 11.8. The Morgan fingerprint density at radius 3 is 2.55 bits per heavy atom. The van der Waals surface area contributed by atoms with Crippen molar-refractivity contribution in [3.8, 4) is 0 Å². The van der Waals surface area contributed by atoms with Crippen LogP contribution in [0.25, 0.3) is 0 Å². The molecule has 1 aromatic carbocycles. The number of sulfonamides is 1. The smallest absolute Gasteiger partial charge is 0.240 e. The fourth-order valence-electron chi connectivity index (χ4n) is 2.58. The van der Waals surface area contributed by atoms with E-state index in [4.69, 9.17) is 5.11 Å². The molecule has 0 unspecified atom stereocenters. The van der Waals surface area contributed by atoms with Gasteiger partial charge in [0.15, 0.2) is 0 Å². The summed E-state index contributed by atoms with van der Waals surface area (Å²) in [6.45, 7) is 0.594. The topological polar surface area (TPSA) is 66.4 Å². The highest BCUT2D eigenvalue weighted by atomic mass is 32.2. The van der Waals surface area contributed by atoms with Gasteiger partial charge in [0.2, 0.25) is 10.0 Å². The second-order valence-corrected chi connectivity index (χ2v) is 7.09. The van der Waals surface area contributed by atoms with E-state index in [0.29, 0.717) is 11.4 Å². The average molecular weight is 297 g/mol. The molecule has 112 valence electrons. The van der Waals surface area contributed by atoms with E-state index in [2.05, 4.69) is 4.72 Å². The molecule has 2 rings (SSSR count). The van der Waals surface area contributed by atoms with Crippen LogP contribution < -0.4 is 4.72 Å². The normalized spacial score (nSPS) is 15.1. The maximum absolute atomic E-state index is 12.2. The van der Waals surface area contributed by atoms with Crippen molar-refractivity contribution >= 4 is 10.0 Å². The fourth-order valence-corrected chi connectivity index (χ4v) is 3.70. The summed E-state index contributed by atoms with van der Waals surface area (Å²) in [5, 5.41) is 8.68. The molecule has 0 heterocycles. The first-order valence-corrected chi connectivity index (χ1v) is 8.84. The molecular weight excluding hydrogens is 274 g/mol. The van der Waals surface area contributed by atoms with E-state index < -0.39 is 10.0 Å². The molecule has 5 heteroatoms. The Morgan fingerprint density at radius 1 is 1.05 bits per heavy atom. The van der Waals surface area contributed by atoms with Crippen LogP contribution >= 0.6 is 0 Å². The molecule has 0 spiro atoms. The lowest BCUT2D eigenvalue weighted by molar-refractivity contribution is 0.283. The molecule has 1 aromatic rings. The van der Waals surface area contributed by atoms with Crippen LogP contribution in [0.15, 0.2) is 23.1 Å². The Hall–Kier alpha value is -0.910. The highest BCUT2D eigenvalue weighted by molar-refractivity contribution is 7.89. The second-order valence-electron chi connectivity index (χ2n) is 5.32. The Bertz CT molecular complexity index is 540. The molecule has 4 nitrogen and oxygen atoms in total. The Balaban J connectivity index is 1.98. The van der Waals surface area contributed by atoms with E-state index in [-0.39, 0.29) is 6.61 Å². The van der Waals surface area contributed by atoms with Gasteiger partial charge in [-0.25, -0.2) is 13.1 Å². The number of hydrogen-bond donors (Lipinski definition) is 2. The Labute approximate surface area is 121 Å². The van der Waals surface area contributed by atoms with E-state index in [1.165, 1.54) is 17.5 Å². The molecule has 0 aromatic heterocycles. The Kier molecular flexibility index (Phi) is 5.57. The summed E-state index contributed by atoms with van der Waals surface area (Å²) in [6.07, 6.45) is 6.70. The standard InChI is InChI=1S/C15H23NO3S/c17-11-5-1-4-10-16-20(18,19)15-9-8-13-6-2-3-7-14(13)12-15/h8-9,12,16-17H,1-7,10-11H2. The van der Waals surface area contributed by atoms with Gasteiger partial charge in [-0.2, -0.15) is 0 Å². The minimum Gasteiger partial charge on any atom is -0.396 e. The molecule has 1 aliphatic carbocycles. The zero-order valence-corrected chi connectivity index (χ0v) is 12.6. The van der Waals surface area contributed by atoms with E-state index in [1.807, 2.05) is 12.1 Å². The van der Waals surface area contributed by atoms with Crippen molar-refractivity contribution in [1.82, 2.24) is 4.72 Å². The quantitative estimate of drug-likeness (QED) is 0.757. The predicted molar refractivity (Wildman–Crippen MR) is 79.2 cm³/mol. The minimum absolute atomic E-state index is 0.164. The summed E-state index contributed by atoms with van der Waals surface area (Å²) in [6, 6.07) is 5.49. The average Bonchev–Trinajstić information content (AvgIpc) is 2.46. The van der Waals surface area contributed by atoms with Gasteiger partial charge in [0.05, 0.1) is 4.90 Å². The van der Waals surface area contributed by atoms with Crippen LogP contribution in [0, 0.1) is 0 Å². The van der Waals surface area contributed by atoms with E-state index in [1.54, 1.807) is 6.07 Å². The molecular formula is C15H23NO3S. The van der Waals surface area contributed by atoms with Crippen LogP contribution in [-0.4, -0.2) is 26.7 Å². The molecule has 1 aliphatic rings. The number of aliphatic hydroxyl groups excluding tert-OH is 1. The fraction of sp³-hybridized carbons (Fsp3) is 0.600. The molecule has 0 fully saturated rings. The summed E-state index contributed by atoms with van der Waals surface area (Å²) in [7, 11) is -3.39. The molecule has 0 saturated carbocycles.